The van der Waals surface area contributed by atoms with Crippen LogP contribution in [0.15, 0.2) is 6.07 Å². The zero-order valence-corrected chi connectivity index (χ0v) is 13.2. The molecule has 6 heteroatoms. The maximum atomic E-state index is 11.9. The molecule has 0 radical (unpaired) electrons. The van der Waals surface area contributed by atoms with Crippen LogP contribution in [0.1, 0.15) is 49.8 Å². The third-order valence-electron chi connectivity index (χ3n) is 2.86. The van der Waals surface area contributed by atoms with Crippen molar-refractivity contribution in [3.8, 4) is 0 Å². The molecule has 2 N–H and O–H groups in total. The number of hydrogen-bond donors (Lipinski definition) is 2. The predicted octanol–water partition coefficient (Wildman–Crippen LogP) is 1.69. The highest BCUT2D eigenvalue weighted by molar-refractivity contribution is 5.92. The van der Waals surface area contributed by atoms with E-state index in [1.54, 1.807) is 4.68 Å². The van der Waals surface area contributed by atoms with Crippen LogP contribution in [-0.2, 0) is 7.05 Å². The molecular formula is C13H25ClN4O. The molecule has 0 fully saturated rings. The van der Waals surface area contributed by atoms with E-state index >= 15 is 0 Å². The lowest BCUT2D eigenvalue weighted by Gasteiger charge is -2.12. The molecule has 1 aromatic rings. The number of carbonyl (C=O) groups is 1. The number of rotatable bonds is 6. The lowest BCUT2D eigenvalue weighted by atomic mass is 10.1. The van der Waals surface area contributed by atoms with Crippen molar-refractivity contribution in [3.63, 3.8) is 0 Å². The highest BCUT2D eigenvalue weighted by Crippen LogP contribution is 2.14. The van der Waals surface area contributed by atoms with E-state index in [4.69, 9.17) is 0 Å². The van der Waals surface area contributed by atoms with Gasteiger partial charge in [0.25, 0.3) is 5.91 Å². The SMILES string of the molecule is CCN[C@H](C)CNC(=O)c1cc(C(C)C)n(C)n1.Cl. The van der Waals surface area contributed by atoms with Crippen molar-refractivity contribution in [2.75, 3.05) is 13.1 Å². The van der Waals surface area contributed by atoms with Gasteiger partial charge in [0.1, 0.15) is 5.69 Å². The van der Waals surface area contributed by atoms with Gasteiger partial charge in [-0.05, 0) is 25.5 Å². The molecule has 1 rings (SSSR count). The highest BCUT2D eigenvalue weighted by atomic mass is 35.5. The van der Waals surface area contributed by atoms with Gasteiger partial charge in [0, 0.05) is 25.3 Å². The Kier molecular flexibility index (Phi) is 7.71. The lowest BCUT2D eigenvalue weighted by Crippen LogP contribution is -2.38. The quantitative estimate of drug-likeness (QED) is 0.837. The van der Waals surface area contributed by atoms with Gasteiger partial charge >= 0.3 is 0 Å². The second kappa shape index (κ2) is 8.17. The Bertz CT molecular complexity index is 403. The fourth-order valence-corrected chi connectivity index (χ4v) is 1.89. The smallest absolute Gasteiger partial charge is 0.271 e. The molecule has 0 saturated carbocycles. The van der Waals surface area contributed by atoms with Crippen LogP contribution >= 0.6 is 12.4 Å². The minimum Gasteiger partial charge on any atom is -0.349 e. The van der Waals surface area contributed by atoms with E-state index < -0.39 is 0 Å². The van der Waals surface area contributed by atoms with Gasteiger partial charge in [-0.2, -0.15) is 5.10 Å². The maximum Gasteiger partial charge on any atom is 0.271 e. The molecule has 0 aromatic carbocycles. The van der Waals surface area contributed by atoms with E-state index in [0.29, 0.717) is 18.2 Å². The van der Waals surface area contributed by atoms with Crippen molar-refractivity contribution in [3.05, 3.63) is 17.5 Å². The number of nitrogens with one attached hydrogen (secondary N) is 2. The second-order valence-electron chi connectivity index (χ2n) is 4.90. The van der Waals surface area contributed by atoms with Gasteiger partial charge < -0.3 is 10.6 Å². The van der Waals surface area contributed by atoms with Gasteiger partial charge in [0.05, 0.1) is 0 Å². The van der Waals surface area contributed by atoms with Crippen molar-refractivity contribution in [2.24, 2.45) is 7.05 Å². The molecule has 110 valence electrons. The molecule has 1 aromatic heterocycles. The third kappa shape index (κ3) is 5.20. The van der Waals surface area contributed by atoms with E-state index in [0.717, 1.165) is 12.2 Å². The van der Waals surface area contributed by atoms with Crippen LogP contribution in [0.3, 0.4) is 0 Å². The number of halogens is 1. The molecule has 0 saturated heterocycles. The maximum absolute atomic E-state index is 11.9. The van der Waals surface area contributed by atoms with E-state index in [1.165, 1.54) is 0 Å². The summed E-state index contributed by atoms with van der Waals surface area (Å²) in [5, 5.41) is 10.4. The fraction of sp³-hybridized carbons (Fsp3) is 0.692. The number of hydrogen-bond acceptors (Lipinski definition) is 3. The van der Waals surface area contributed by atoms with Crippen LogP contribution in [0.25, 0.3) is 0 Å². The average Bonchev–Trinajstić information content (AvgIpc) is 2.69. The van der Waals surface area contributed by atoms with Gasteiger partial charge in [-0.15, -0.1) is 12.4 Å². The summed E-state index contributed by atoms with van der Waals surface area (Å²) >= 11 is 0. The van der Waals surface area contributed by atoms with Crippen LogP contribution in [0.5, 0.6) is 0 Å². The van der Waals surface area contributed by atoms with E-state index in [1.807, 2.05) is 27.0 Å². The first-order valence-electron chi connectivity index (χ1n) is 6.51. The van der Waals surface area contributed by atoms with Crippen LogP contribution in [0.4, 0.5) is 0 Å². The fourth-order valence-electron chi connectivity index (χ4n) is 1.89. The molecule has 19 heavy (non-hydrogen) atoms. The standard InChI is InChI=1S/C13H24N4O.ClH/c1-6-14-10(4)8-15-13(18)11-7-12(9(2)3)17(5)16-11;/h7,9-10,14H,6,8H2,1-5H3,(H,15,18);1H/t10-;/m1./s1. The van der Waals surface area contributed by atoms with Crippen LogP contribution < -0.4 is 10.6 Å². The van der Waals surface area contributed by atoms with Crippen molar-refractivity contribution in [1.29, 1.82) is 0 Å². The number of aryl methyl sites for hydroxylation is 1. The summed E-state index contributed by atoms with van der Waals surface area (Å²) in [4.78, 5) is 11.9. The average molecular weight is 289 g/mol. The van der Waals surface area contributed by atoms with E-state index in [2.05, 4.69) is 29.6 Å². The molecule has 0 spiro atoms. The molecule has 1 heterocycles. The molecule has 0 aliphatic heterocycles. The molecule has 0 bridgehead atoms. The first-order chi connectivity index (χ1) is 8.45. The third-order valence-corrected chi connectivity index (χ3v) is 2.86. The number of likely N-dealkylation sites (N-methyl/N-ethyl adjacent to an activating group) is 1. The minimum absolute atomic E-state index is 0. The Balaban J connectivity index is 0.00000324. The highest BCUT2D eigenvalue weighted by Gasteiger charge is 2.14. The summed E-state index contributed by atoms with van der Waals surface area (Å²) in [5.41, 5.74) is 1.56. The number of aromatic nitrogens is 2. The summed E-state index contributed by atoms with van der Waals surface area (Å²) in [7, 11) is 1.87. The predicted molar refractivity (Wildman–Crippen MR) is 80.0 cm³/mol. The largest absolute Gasteiger partial charge is 0.349 e. The van der Waals surface area contributed by atoms with Crippen LogP contribution in [-0.4, -0.2) is 34.8 Å². The Hall–Kier alpha value is -1.07. The van der Waals surface area contributed by atoms with Gasteiger partial charge in [-0.25, -0.2) is 0 Å². The summed E-state index contributed by atoms with van der Waals surface area (Å²) in [6.07, 6.45) is 0. The van der Waals surface area contributed by atoms with Crippen LogP contribution in [0.2, 0.25) is 0 Å². The topological polar surface area (TPSA) is 58.9 Å². The number of nitrogens with zero attached hydrogens (tertiary/aromatic N) is 2. The van der Waals surface area contributed by atoms with Gasteiger partial charge in [0.2, 0.25) is 0 Å². The first-order valence-corrected chi connectivity index (χ1v) is 6.51. The number of carbonyl (C=O) groups excluding carboxylic acids is 1. The van der Waals surface area contributed by atoms with Crippen molar-refractivity contribution in [2.45, 2.75) is 39.7 Å². The summed E-state index contributed by atoms with van der Waals surface area (Å²) in [6.45, 7) is 9.78. The van der Waals surface area contributed by atoms with Gasteiger partial charge in [0.15, 0.2) is 0 Å². The lowest BCUT2D eigenvalue weighted by molar-refractivity contribution is 0.0944. The summed E-state index contributed by atoms with van der Waals surface area (Å²) in [6, 6.07) is 2.13. The van der Waals surface area contributed by atoms with E-state index in [9.17, 15) is 4.79 Å². The zero-order valence-electron chi connectivity index (χ0n) is 12.4. The monoisotopic (exact) mass is 288 g/mol. The normalized spacial score (nSPS) is 12.1. The van der Waals surface area contributed by atoms with Gasteiger partial charge in [-0.3, -0.25) is 9.48 Å². The Morgan fingerprint density at radius 3 is 2.53 bits per heavy atom. The minimum atomic E-state index is -0.109. The molecule has 0 aliphatic rings. The summed E-state index contributed by atoms with van der Waals surface area (Å²) in [5.74, 6) is 0.256. The Labute approximate surface area is 121 Å². The molecule has 0 aliphatic carbocycles. The first kappa shape index (κ1) is 17.9. The second-order valence-corrected chi connectivity index (χ2v) is 4.90. The van der Waals surface area contributed by atoms with Crippen molar-refractivity contribution >= 4 is 18.3 Å². The molecule has 1 atom stereocenters. The van der Waals surface area contributed by atoms with Gasteiger partial charge in [-0.1, -0.05) is 20.8 Å². The molecule has 5 nitrogen and oxygen atoms in total. The zero-order chi connectivity index (χ0) is 13.7. The van der Waals surface area contributed by atoms with E-state index in [-0.39, 0.29) is 24.4 Å². The molecular weight excluding hydrogens is 264 g/mol. The Morgan fingerprint density at radius 2 is 2.05 bits per heavy atom. The van der Waals surface area contributed by atoms with Crippen LogP contribution in [0, 0.1) is 0 Å². The number of amides is 1. The molecule has 1 amide bonds. The van der Waals surface area contributed by atoms with Crippen molar-refractivity contribution in [1.82, 2.24) is 20.4 Å². The summed E-state index contributed by atoms with van der Waals surface area (Å²) < 4.78 is 1.77. The van der Waals surface area contributed by atoms with Crippen molar-refractivity contribution < 1.29 is 4.79 Å². The Morgan fingerprint density at radius 1 is 1.42 bits per heavy atom. The molecule has 0 unspecified atom stereocenters.